The maximum atomic E-state index is 12.6. The van der Waals surface area contributed by atoms with E-state index in [1.54, 1.807) is 10.5 Å². The Labute approximate surface area is 148 Å². The predicted octanol–water partition coefficient (Wildman–Crippen LogP) is 3.65. The number of hydrogen-bond donors (Lipinski definition) is 0. The van der Waals surface area contributed by atoms with Crippen LogP contribution in [0.4, 0.5) is 13.2 Å². The number of benzene rings is 1. The average molecular weight is 361 g/mol. The molecule has 0 saturated heterocycles. The Morgan fingerprint density at radius 2 is 1.77 bits per heavy atom. The second-order valence-corrected chi connectivity index (χ2v) is 6.31. The van der Waals surface area contributed by atoms with Gasteiger partial charge in [0.25, 0.3) is 5.56 Å². The minimum absolute atomic E-state index is 0.147. The lowest BCUT2D eigenvalue weighted by atomic mass is 10.1. The molecule has 3 rings (SSSR count). The zero-order valence-corrected chi connectivity index (χ0v) is 14.4. The van der Waals surface area contributed by atoms with Crippen molar-refractivity contribution in [1.29, 1.82) is 0 Å². The molecule has 7 heteroatoms. The average Bonchev–Trinajstić information content (AvgIpc) is 2.54. The molecule has 0 aliphatic carbocycles. The van der Waals surface area contributed by atoms with E-state index in [1.807, 2.05) is 31.0 Å². The molecule has 2 heterocycles. The Bertz CT molecular complexity index is 978. The van der Waals surface area contributed by atoms with Crippen LogP contribution in [0.25, 0.3) is 5.65 Å². The summed E-state index contributed by atoms with van der Waals surface area (Å²) in [5.74, 6) is 0. The largest absolute Gasteiger partial charge is 0.416 e. The summed E-state index contributed by atoms with van der Waals surface area (Å²) < 4.78 is 39.4. The minimum atomic E-state index is -4.33. The molecule has 26 heavy (non-hydrogen) atoms. The van der Waals surface area contributed by atoms with Crippen LogP contribution >= 0.6 is 0 Å². The molecule has 0 saturated carbocycles. The molecule has 0 aliphatic heterocycles. The van der Waals surface area contributed by atoms with Gasteiger partial charge < -0.3 is 0 Å². The smallest absolute Gasteiger partial charge is 0.296 e. The summed E-state index contributed by atoms with van der Waals surface area (Å²) in [4.78, 5) is 18.7. The Kier molecular flexibility index (Phi) is 4.82. The first kappa shape index (κ1) is 18.1. The van der Waals surface area contributed by atoms with Crippen LogP contribution in [0, 0.1) is 6.92 Å². The van der Waals surface area contributed by atoms with Gasteiger partial charge >= 0.3 is 6.18 Å². The minimum Gasteiger partial charge on any atom is -0.296 e. The lowest BCUT2D eigenvalue weighted by molar-refractivity contribution is -0.137. The third kappa shape index (κ3) is 3.94. The van der Waals surface area contributed by atoms with E-state index in [-0.39, 0.29) is 5.56 Å². The number of pyridine rings is 1. The molecule has 0 spiro atoms. The van der Waals surface area contributed by atoms with E-state index in [4.69, 9.17) is 0 Å². The maximum Gasteiger partial charge on any atom is 0.416 e. The lowest BCUT2D eigenvalue weighted by Gasteiger charge is -2.17. The molecule has 136 valence electrons. The van der Waals surface area contributed by atoms with Gasteiger partial charge in [-0.2, -0.15) is 13.2 Å². The van der Waals surface area contributed by atoms with Gasteiger partial charge in [-0.15, -0.1) is 0 Å². The SMILES string of the molecule is Cc1cccc2nc(CN(C)Cc3ccc(C(F)(F)F)cc3)cc(=O)n12. The molecule has 0 fully saturated rings. The first-order valence-corrected chi connectivity index (χ1v) is 8.07. The Morgan fingerprint density at radius 3 is 2.42 bits per heavy atom. The molecule has 0 N–H and O–H groups in total. The Hall–Kier alpha value is -2.67. The van der Waals surface area contributed by atoms with Crippen molar-refractivity contribution >= 4 is 5.65 Å². The standard InChI is InChI=1S/C19H18F3N3O/c1-13-4-3-5-17-23-16(10-18(26)25(13)17)12-24(2)11-14-6-8-15(9-7-14)19(20,21)22/h3-10H,11-12H2,1-2H3. The van der Waals surface area contributed by atoms with E-state index in [1.165, 1.54) is 18.2 Å². The van der Waals surface area contributed by atoms with Gasteiger partial charge in [-0.3, -0.25) is 14.1 Å². The predicted molar refractivity (Wildman–Crippen MR) is 92.8 cm³/mol. The van der Waals surface area contributed by atoms with Gasteiger partial charge in [0.1, 0.15) is 5.65 Å². The second kappa shape index (κ2) is 6.92. The van der Waals surface area contributed by atoms with Gasteiger partial charge in [0.2, 0.25) is 0 Å². The third-order valence-corrected chi connectivity index (χ3v) is 4.10. The van der Waals surface area contributed by atoms with E-state index in [9.17, 15) is 18.0 Å². The van der Waals surface area contributed by atoms with Gasteiger partial charge in [-0.05, 0) is 43.8 Å². The zero-order chi connectivity index (χ0) is 18.9. The molecule has 0 atom stereocenters. The molecule has 3 aromatic rings. The van der Waals surface area contributed by atoms with Crippen LogP contribution in [0.2, 0.25) is 0 Å². The van der Waals surface area contributed by atoms with Crippen molar-refractivity contribution in [3.63, 3.8) is 0 Å². The van der Waals surface area contributed by atoms with Crippen molar-refractivity contribution in [3.05, 3.63) is 81.4 Å². The number of fused-ring (bicyclic) bond motifs is 1. The van der Waals surface area contributed by atoms with Crippen LogP contribution in [0.3, 0.4) is 0 Å². The maximum absolute atomic E-state index is 12.6. The fourth-order valence-corrected chi connectivity index (χ4v) is 2.89. The highest BCUT2D eigenvalue weighted by molar-refractivity contribution is 5.40. The summed E-state index contributed by atoms with van der Waals surface area (Å²) in [5, 5.41) is 0. The highest BCUT2D eigenvalue weighted by atomic mass is 19.4. The van der Waals surface area contributed by atoms with Crippen LogP contribution in [-0.2, 0) is 19.3 Å². The fraction of sp³-hybridized carbons (Fsp3) is 0.263. The van der Waals surface area contributed by atoms with Gasteiger partial charge in [0, 0.05) is 24.8 Å². The van der Waals surface area contributed by atoms with Crippen LogP contribution in [0.15, 0.2) is 53.3 Å². The van der Waals surface area contributed by atoms with Crippen molar-refractivity contribution in [1.82, 2.24) is 14.3 Å². The molecular weight excluding hydrogens is 343 g/mol. The Morgan fingerprint density at radius 1 is 1.08 bits per heavy atom. The van der Waals surface area contributed by atoms with Gasteiger partial charge in [0.05, 0.1) is 11.3 Å². The molecular formula is C19H18F3N3O. The van der Waals surface area contributed by atoms with Gasteiger partial charge in [-0.25, -0.2) is 4.98 Å². The number of aryl methyl sites for hydroxylation is 1. The van der Waals surface area contributed by atoms with Crippen molar-refractivity contribution < 1.29 is 13.2 Å². The molecule has 0 unspecified atom stereocenters. The van der Waals surface area contributed by atoms with E-state index < -0.39 is 11.7 Å². The molecule has 1 aromatic carbocycles. The normalized spacial score (nSPS) is 12.1. The van der Waals surface area contributed by atoms with Gasteiger partial charge in [-0.1, -0.05) is 18.2 Å². The van der Waals surface area contributed by atoms with E-state index in [0.717, 1.165) is 23.4 Å². The van der Waals surface area contributed by atoms with Gasteiger partial charge in [0.15, 0.2) is 0 Å². The summed E-state index contributed by atoms with van der Waals surface area (Å²) in [6, 6.07) is 12.0. The zero-order valence-electron chi connectivity index (χ0n) is 14.4. The summed E-state index contributed by atoms with van der Waals surface area (Å²) in [6.07, 6.45) is -4.33. The first-order chi connectivity index (χ1) is 12.2. The summed E-state index contributed by atoms with van der Waals surface area (Å²) in [7, 11) is 1.83. The summed E-state index contributed by atoms with van der Waals surface area (Å²) in [5.41, 5.74) is 1.96. The van der Waals surface area contributed by atoms with E-state index >= 15 is 0 Å². The molecule has 0 aliphatic rings. The Balaban J connectivity index is 1.75. The third-order valence-electron chi connectivity index (χ3n) is 4.10. The molecule has 4 nitrogen and oxygen atoms in total. The summed E-state index contributed by atoms with van der Waals surface area (Å²) >= 11 is 0. The first-order valence-electron chi connectivity index (χ1n) is 8.07. The van der Waals surface area contributed by atoms with Crippen molar-refractivity contribution in [2.24, 2.45) is 0 Å². The summed E-state index contributed by atoms with van der Waals surface area (Å²) in [6.45, 7) is 2.71. The van der Waals surface area contributed by atoms with Crippen LogP contribution < -0.4 is 5.56 Å². The molecule has 0 radical (unpaired) electrons. The highest BCUT2D eigenvalue weighted by Crippen LogP contribution is 2.29. The lowest BCUT2D eigenvalue weighted by Crippen LogP contribution is -2.22. The highest BCUT2D eigenvalue weighted by Gasteiger charge is 2.29. The van der Waals surface area contributed by atoms with Crippen LogP contribution in [0.1, 0.15) is 22.5 Å². The number of hydrogen-bond acceptors (Lipinski definition) is 3. The van der Waals surface area contributed by atoms with Crippen LogP contribution in [-0.4, -0.2) is 21.3 Å². The number of alkyl halides is 3. The quantitative estimate of drug-likeness (QED) is 0.712. The van der Waals surface area contributed by atoms with Crippen LogP contribution in [0.5, 0.6) is 0 Å². The fourth-order valence-electron chi connectivity index (χ4n) is 2.89. The molecule has 0 amide bonds. The van der Waals surface area contributed by atoms with E-state index in [2.05, 4.69) is 4.98 Å². The second-order valence-electron chi connectivity index (χ2n) is 6.31. The van der Waals surface area contributed by atoms with Crippen molar-refractivity contribution in [2.45, 2.75) is 26.2 Å². The number of aromatic nitrogens is 2. The number of rotatable bonds is 4. The number of nitrogens with zero attached hydrogens (tertiary/aromatic N) is 3. The molecule has 2 aromatic heterocycles. The van der Waals surface area contributed by atoms with Crippen molar-refractivity contribution in [2.75, 3.05) is 7.05 Å². The molecule has 0 bridgehead atoms. The monoisotopic (exact) mass is 361 g/mol. The van der Waals surface area contributed by atoms with E-state index in [0.29, 0.717) is 24.4 Å². The number of halogens is 3. The topological polar surface area (TPSA) is 37.6 Å². The van der Waals surface area contributed by atoms with Crippen molar-refractivity contribution in [3.8, 4) is 0 Å².